The van der Waals surface area contributed by atoms with Crippen LogP contribution in [-0.4, -0.2) is 35.4 Å². The molecule has 0 spiro atoms. The highest BCUT2D eigenvalue weighted by atomic mass is 16.5. The number of ketones is 1. The normalized spacial score (nSPS) is 19.4. The van der Waals surface area contributed by atoms with Crippen LogP contribution in [0.3, 0.4) is 0 Å². The second-order valence-electron chi connectivity index (χ2n) is 5.74. The van der Waals surface area contributed by atoms with Gasteiger partial charge in [0.25, 0.3) is 11.7 Å². The standard InChI is InChI=1S/C19H19NO5/c1-3-9-20-16(14-8-5-10-25-14)15(18(22)19(20)23)17(21)12-6-4-7-13(11-12)24-2/h4-8,10-11,16,21H,3,9H2,1-2H3/b17-15-. The number of nitrogens with zero attached hydrogens (tertiary/aromatic N) is 1. The molecule has 1 aromatic carbocycles. The summed E-state index contributed by atoms with van der Waals surface area (Å²) in [6.45, 7) is 2.31. The van der Waals surface area contributed by atoms with Crippen LogP contribution in [0.15, 0.2) is 52.7 Å². The maximum absolute atomic E-state index is 12.6. The van der Waals surface area contributed by atoms with Crippen LogP contribution in [0.2, 0.25) is 0 Å². The number of rotatable bonds is 5. The van der Waals surface area contributed by atoms with Crippen molar-refractivity contribution >= 4 is 17.4 Å². The van der Waals surface area contributed by atoms with Crippen LogP contribution in [0.4, 0.5) is 0 Å². The Kier molecular flexibility index (Phi) is 4.61. The Morgan fingerprint density at radius 3 is 2.72 bits per heavy atom. The van der Waals surface area contributed by atoms with Crippen LogP contribution in [-0.2, 0) is 9.59 Å². The van der Waals surface area contributed by atoms with E-state index in [9.17, 15) is 14.7 Å². The molecule has 0 saturated carbocycles. The maximum Gasteiger partial charge on any atom is 0.295 e. The molecule has 6 nitrogen and oxygen atoms in total. The van der Waals surface area contributed by atoms with Gasteiger partial charge in [0.05, 0.1) is 18.9 Å². The van der Waals surface area contributed by atoms with Crippen molar-refractivity contribution in [1.82, 2.24) is 4.90 Å². The van der Waals surface area contributed by atoms with Crippen molar-refractivity contribution in [1.29, 1.82) is 0 Å². The molecule has 3 rings (SSSR count). The van der Waals surface area contributed by atoms with E-state index in [-0.39, 0.29) is 11.3 Å². The summed E-state index contributed by atoms with van der Waals surface area (Å²) in [7, 11) is 1.52. The summed E-state index contributed by atoms with van der Waals surface area (Å²) in [5.74, 6) is -0.599. The Labute approximate surface area is 145 Å². The van der Waals surface area contributed by atoms with Gasteiger partial charge in [0.15, 0.2) is 0 Å². The number of aliphatic hydroxyl groups is 1. The van der Waals surface area contributed by atoms with Gasteiger partial charge in [0.1, 0.15) is 23.3 Å². The summed E-state index contributed by atoms with van der Waals surface area (Å²) >= 11 is 0. The SMILES string of the molecule is CCCN1C(=O)C(=O)/C(=C(\O)c2cccc(OC)c2)C1c1ccco1. The predicted octanol–water partition coefficient (Wildman–Crippen LogP) is 3.12. The van der Waals surface area contributed by atoms with Crippen LogP contribution < -0.4 is 4.74 Å². The van der Waals surface area contributed by atoms with Crippen molar-refractivity contribution in [2.24, 2.45) is 0 Å². The number of methoxy groups -OCH3 is 1. The molecule has 1 saturated heterocycles. The number of amides is 1. The highest BCUT2D eigenvalue weighted by Crippen LogP contribution is 2.39. The van der Waals surface area contributed by atoms with Gasteiger partial charge in [-0.3, -0.25) is 9.59 Å². The fraction of sp³-hybridized carbons (Fsp3) is 0.263. The van der Waals surface area contributed by atoms with Crippen LogP contribution >= 0.6 is 0 Å². The molecule has 25 heavy (non-hydrogen) atoms. The number of hydrogen-bond donors (Lipinski definition) is 1. The number of benzene rings is 1. The molecular formula is C19H19NO5. The summed E-state index contributed by atoms with van der Waals surface area (Å²) in [6.07, 6.45) is 2.16. The lowest BCUT2D eigenvalue weighted by atomic mass is 9.99. The molecule has 2 heterocycles. The first-order valence-electron chi connectivity index (χ1n) is 8.04. The first-order chi connectivity index (χ1) is 12.1. The molecule has 1 unspecified atom stereocenters. The number of likely N-dealkylation sites (tertiary alicyclic amines) is 1. The van der Waals surface area contributed by atoms with Crippen LogP contribution in [0, 0.1) is 0 Å². The Bertz CT molecular complexity index is 822. The lowest BCUT2D eigenvalue weighted by Gasteiger charge is -2.22. The average Bonchev–Trinajstić information content (AvgIpc) is 3.24. The van der Waals surface area contributed by atoms with Gasteiger partial charge < -0.3 is 19.2 Å². The number of ether oxygens (including phenoxy) is 1. The van der Waals surface area contributed by atoms with Crippen molar-refractivity contribution < 1.29 is 23.8 Å². The van der Waals surface area contributed by atoms with Gasteiger partial charge in [-0.1, -0.05) is 19.1 Å². The molecule has 0 aliphatic carbocycles. The number of furan rings is 1. The quantitative estimate of drug-likeness (QED) is 0.513. The van der Waals surface area contributed by atoms with E-state index in [4.69, 9.17) is 9.15 Å². The molecule has 1 atom stereocenters. The van der Waals surface area contributed by atoms with Crippen molar-refractivity contribution in [2.75, 3.05) is 13.7 Å². The van der Waals surface area contributed by atoms with E-state index in [1.54, 1.807) is 36.4 Å². The number of hydrogen-bond acceptors (Lipinski definition) is 5. The molecule has 1 fully saturated rings. The summed E-state index contributed by atoms with van der Waals surface area (Å²) in [5, 5.41) is 10.8. The molecule has 2 aromatic rings. The third-order valence-corrected chi connectivity index (χ3v) is 4.16. The van der Waals surface area contributed by atoms with Crippen LogP contribution in [0.25, 0.3) is 5.76 Å². The van der Waals surface area contributed by atoms with Crippen molar-refractivity contribution in [2.45, 2.75) is 19.4 Å². The van der Waals surface area contributed by atoms with Crippen LogP contribution in [0.1, 0.15) is 30.7 Å². The average molecular weight is 341 g/mol. The topological polar surface area (TPSA) is 80.0 Å². The molecule has 1 aliphatic heterocycles. The first-order valence-corrected chi connectivity index (χ1v) is 8.04. The Hall–Kier alpha value is -3.02. The van der Waals surface area contributed by atoms with Gasteiger partial charge in [-0.05, 0) is 30.7 Å². The van der Waals surface area contributed by atoms with Crippen molar-refractivity contribution in [3.05, 3.63) is 59.6 Å². The fourth-order valence-corrected chi connectivity index (χ4v) is 3.02. The zero-order valence-electron chi connectivity index (χ0n) is 14.1. The van der Waals surface area contributed by atoms with Crippen LogP contribution in [0.5, 0.6) is 5.75 Å². The van der Waals surface area contributed by atoms with Gasteiger partial charge in [-0.15, -0.1) is 0 Å². The predicted molar refractivity (Wildman–Crippen MR) is 91.0 cm³/mol. The zero-order chi connectivity index (χ0) is 18.0. The minimum atomic E-state index is -0.735. The van der Waals surface area contributed by atoms with E-state index in [1.807, 2.05) is 6.92 Å². The first kappa shape index (κ1) is 16.8. The fourth-order valence-electron chi connectivity index (χ4n) is 3.02. The van der Waals surface area contributed by atoms with Gasteiger partial charge >= 0.3 is 0 Å². The van der Waals surface area contributed by atoms with E-state index >= 15 is 0 Å². The molecule has 1 N–H and O–H groups in total. The maximum atomic E-state index is 12.6. The Morgan fingerprint density at radius 2 is 2.08 bits per heavy atom. The second-order valence-corrected chi connectivity index (χ2v) is 5.74. The Morgan fingerprint density at radius 1 is 1.28 bits per heavy atom. The number of carbonyl (C=O) groups is 2. The number of carbonyl (C=O) groups excluding carboxylic acids is 2. The summed E-state index contributed by atoms with van der Waals surface area (Å²) < 4.78 is 10.6. The molecule has 130 valence electrons. The number of aliphatic hydroxyl groups excluding tert-OH is 1. The molecule has 6 heteroatoms. The summed E-state index contributed by atoms with van der Waals surface area (Å²) in [4.78, 5) is 26.5. The van der Waals surface area contributed by atoms with Crippen molar-refractivity contribution in [3.63, 3.8) is 0 Å². The largest absolute Gasteiger partial charge is 0.507 e. The Balaban J connectivity index is 2.16. The van der Waals surface area contributed by atoms with Gasteiger partial charge in [0, 0.05) is 12.1 Å². The third kappa shape index (κ3) is 2.91. The lowest BCUT2D eigenvalue weighted by molar-refractivity contribution is -0.140. The van der Waals surface area contributed by atoms with Gasteiger partial charge in [0.2, 0.25) is 0 Å². The van der Waals surface area contributed by atoms with E-state index in [1.165, 1.54) is 18.3 Å². The van der Waals surface area contributed by atoms with E-state index in [0.29, 0.717) is 30.0 Å². The van der Waals surface area contributed by atoms with E-state index < -0.39 is 17.7 Å². The molecular weight excluding hydrogens is 322 g/mol. The summed E-state index contributed by atoms with van der Waals surface area (Å²) in [5.41, 5.74) is 0.437. The zero-order valence-corrected chi connectivity index (χ0v) is 14.1. The third-order valence-electron chi connectivity index (χ3n) is 4.16. The van der Waals surface area contributed by atoms with Gasteiger partial charge in [-0.2, -0.15) is 0 Å². The monoisotopic (exact) mass is 341 g/mol. The highest BCUT2D eigenvalue weighted by molar-refractivity contribution is 6.46. The minimum absolute atomic E-state index is 0.0293. The summed E-state index contributed by atoms with van der Waals surface area (Å²) in [6, 6.07) is 9.35. The van der Waals surface area contributed by atoms with E-state index in [2.05, 4.69) is 0 Å². The molecule has 0 radical (unpaired) electrons. The molecule has 1 aromatic heterocycles. The minimum Gasteiger partial charge on any atom is -0.507 e. The second kappa shape index (κ2) is 6.84. The number of Topliss-reactive ketones (excluding diaryl/α,β-unsaturated/α-hetero) is 1. The smallest absolute Gasteiger partial charge is 0.295 e. The molecule has 1 amide bonds. The molecule has 0 bridgehead atoms. The highest BCUT2D eigenvalue weighted by Gasteiger charge is 2.47. The van der Waals surface area contributed by atoms with Crippen molar-refractivity contribution in [3.8, 4) is 5.75 Å². The lowest BCUT2D eigenvalue weighted by Crippen LogP contribution is -2.30. The van der Waals surface area contributed by atoms with Gasteiger partial charge in [-0.25, -0.2) is 0 Å². The van der Waals surface area contributed by atoms with E-state index in [0.717, 1.165) is 0 Å². The molecule has 1 aliphatic rings.